The first-order chi connectivity index (χ1) is 15.7. The van der Waals surface area contributed by atoms with Gasteiger partial charge in [0, 0.05) is 37.0 Å². The van der Waals surface area contributed by atoms with Crippen LogP contribution >= 0.6 is 0 Å². The Morgan fingerprint density at radius 2 is 1.47 bits per heavy atom. The lowest BCUT2D eigenvalue weighted by Gasteiger charge is -2.08. The molecule has 0 aliphatic heterocycles. The molecule has 0 saturated heterocycles. The SMILES string of the molecule is COc1ncc(Cc2nc3c(Cc4ccccc4)nc(-c4ccccc4)cn3c2O)cn1. The van der Waals surface area contributed by atoms with Crippen molar-refractivity contribution >= 4 is 5.65 Å². The number of benzene rings is 2. The Bertz CT molecular complexity index is 1350. The van der Waals surface area contributed by atoms with Crippen molar-refractivity contribution in [2.24, 2.45) is 0 Å². The van der Waals surface area contributed by atoms with E-state index in [2.05, 4.69) is 22.1 Å². The predicted octanol–water partition coefficient (Wildman–Crippen LogP) is 4.08. The lowest BCUT2D eigenvalue weighted by Crippen LogP contribution is -2.00. The second kappa shape index (κ2) is 8.47. The summed E-state index contributed by atoms with van der Waals surface area (Å²) in [6, 6.07) is 20.3. The van der Waals surface area contributed by atoms with Crippen LogP contribution in [0.5, 0.6) is 11.9 Å². The van der Waals surface area contributed by atoms with Crippen LogP contribution in [0.25, 0.3) is 16.9 Å². The molecule has 0 aliphatic carbocycles. The first-order valence-electron chi connectivity index (χ1n) is 10.3. The van der Waals surface area contributed by atoms with E-state index in [-0.39, 0.29) is 5.88 Å². The summed E-state index contributed by atoms with van der Waals surface area (Å²) < 4.78 is 6.73. The number of nitrogens with zero attached hydrogens (tertiary/aromatic N) is 5. The maximum Gasteiger partial charge on any atom is 0.316 e. The van der Waals surface area contributed by atoms with Crippen LogP contribution in [0.3, 0.4) is 0 Å². The molecule has 0 aliphatic rings. The smallest absolute Gasteiger partial charge is 0.316 e. The van der Waals surface area contributed by atoms with Crippen molar-refractivity contribution in [1.82, 2.24) is 24.3 Å². The number of aromatic hydroxyl groups is 1. The Morgan fingerprint density at radius 3 is 2.16 bits per heavy atom. The minimum absolute atomic E-state index is 0.0877. The molecule has 0 radical (unpaired) electrons. The maximum absolute atomic E-state index is 11.0. The van der Waals surface area contributed by atoms with E-state index in [1.54, 1.807) is 16.8 Å². The summed E-state index contributed by atoms with van der Waals surface area (Å²) in [5.74, 6) is 0.0877. The van der Waals surface area contributed by atoms with Gasteiger partial charge in [-0.25, -0.2) is 19.9 Å². The molecule has 5 aromatic rings. The molecule has 0 fully saturated rings. The van der Waals surface area contributed by atoms with E-state index in [0.717, 1.165) is 28.1 Å². The summed E-state index contributed by atoms with van der Waals surface area (Å²) in [5, 5.41) is 11.0. The molecule has 32 heavy (non-hydrogen) atoms. The highest BCUT2D eigenvalue weighted by atomic mass is 16.5. The Kier molecular flexibility index (Phi) is 5.21. The minimum Gasteiger partial charge on any atom is -0.493 e. The van der Waals surface area contributed by atoms with Crippen molar-refractivity contribution in [1.29, 1.82) is 0 Å². The topological polar surface area (TPSA) is 85.4 Å². The van der Waals surface area contributed by atoms with Crippen molar-refractivity contribution in [3.63, 3.8) is 0 Å². The van der Waals surface area contributed by atoms with Crippen LogP contribution in [0.2, 0.25) is 0 Å². The highest BCUT2D eigenvalue weighted by Gasteiger charge is 2.18. The van der Waals surface area contributed by atoms with Gasteiger partial charge in [-0.05, 0) is 11.1 Å². The molecule has 0 atom stereocenters. The largest absolute Gasteiger partial charge is 0.493 e. The molecular formula is C25H21N5O2. The van der Waals surface area contributed by atoms with Crippen molar-refractivity contribution in [2.75, 3.05) is 7.11 Å². The number of hydrogen-bond acceptors (Lipinski definition) is 6. The number of fused-ring (bicyclic) bond motifs is 1. The van der Waals surface area contributed by atoms with Gasteiger partial charge >= 0.3 is 6.01 Å². The third-order valence-corrected chi connectivity index (χ3v) is 5.24. The quantitative estimate of drug-likeness (QED) is 0.443. The number of aromatic nitrogens is 5. The van der Waals surface area contributed by atoms with E-state index in [1.807, 2.05) is 54.7 Å². The van der Waals surface area contributed by atoms with E-state index >= 15 is 0 Å². The fourth-order valence-electron chi connectivity index (χ4n) is 3.65. The molecule has 0 bridgehead atoms. The summed E-state index contributed by atoms with van der Waals surface area (Å²) in [4.78, 5) is 17.9. The van der Waals surface area contributed by atoms with Gasteiger partial charge in [-0.3, -0.25) is 4.40 Å². The monoisotopic (exact) mass is 423 g/mol. The van der Waals surface area contributed by atoms with Crippen molar-refractivity contribution in [3.8, 4) is 23.1 Å². The normalized spacial score (nSPS) is 11.0. The van der Waals surface area contributed by atoms with Gasteiger partial charge in [-0.1, -0.05) is 60.7 Å². The van der Waals surface area contributed by atoms with E-state index in [9.17, 15) is 5.11 Å². The Labute approximate surface area is 185 Å². The van der Waals surface area contributed by atoms with Gasteiger partial charge in [0.15, 0.2) is 5.65 Å². The fraction of sp³-hybridized carbons (Fsp3) is 0.120. The standard InChI is InChI=1S/C25H21N5O2/c1-32-25-26-14-18(15-27-25)13-21-24(31)30-16-22(19-10-6-3-7-11-19)28-20(23(30)29-21)12-17-8-4-2-5-9-17/h2-11,14-16,31H,12-13H2,1H3. The Hall–Kier alpha value is -4.26. The van der Waals surface area contributed by atoms with Gasteiger partial charge in [0.2, 0.25) is 5.88 Å². The summed E-state index contributed by atoms with van der Waals surface area (Å²) in [6.07, 6.45) is 6.17. The van der Waals surface area contributed by atoms with Gasteiger partial charge in [-0.2, -0.15) is 0 Å². The minimum atomic E-state index is 0.0877. The number of ether oxygens (including phenoxy) is 1. The Balaban J connectivity index is 1.61. The molecule has 5 rings (SSSR count). The van der Waals surface area contributed by atoms with Crippen molar-refractivity contribution in [3.05, 3.63) is 102 Å². The van der Waals surface area contributed by atoms with Crippen molar-refractivity contribution in [2.45, 2.75) is 12.8 Å². The maximum atomic E-state index is 11.0. The van der Waals surface area contributed by atoms with Gasteiger partial charge < -0.3 is 9.84 Å². The lowest BCUT2D eigenvalue weighted by molar-refractivity contribution is 0.379. The number of hydrogen-bond donors (Lipinski definition) is 1. The van der Waals surface area contributed by atoms with Crippen LogP contribution in [0.1, 0.15) is 22.5 Å². The van der Waals surface area contributed by atoms with Crippen LogP contribution in [0, 0.1) is 0 Å². The van der Waals surface area contributed by atoms with Crippen LogP contribution in [-0.2, 0) is 12.8 Å². The fourth-order valence-corrected chi connectivity index (χ4v) is 3.65. The summed E-state index contributed by atoms with van der Waals surface area (Å²) in [5.41, 5.74) is 5.67. The molecule has 7 nitrogen and oxygen atoms in total. The summed E-state index contributed by atoms with van der Waals surface area (Å²) >= 11 is 0. The highest BCUT2D eigenvalue weighted by Crippen LogP contribution is 2.28. The molecular weight excluding hydrogens is 402 g/mol. The molecule has 158 valence electrons. The molecule has 1 N–H and O–H groups in total. The highest BCUT2D eigenvalue weighted by molar-refractivity contribution is 5.63. The zero-order valence-electron chi connectivity index (χ0n) is 17.5. The zero-order chi connectivity index (χ0) is 21.9. The van der Waals surface area contributed by atoms with Gasteiger partial charge in [-0.15, -0.1) is 0 Å². The average molecular weight is 423 g/mol. The molecule has 0 unspecified atom stereocenters. The van der Waals surface area contributed by atoms with Crippen LogP contribution < -0.4 is 4.74 Å². The predicted molar refractivity (Wildman–Crippen MR) is 121 cm³/mol. The molecule has 3 heterocycles. The molecule has 3 aromatic heterocycles. The summed E-state index contributed by atoms with van der Waals surface area (Å²) in [6.45, 7) is 0. The molecule has 0 spiro atoms. The Morgan fingerprint density at radius 1 is 0.812 bits per heavy atom. The number of rotatable bonds is 6. The van der Waals surface area contributed by atoms with E-state index < -0.39 is 0 Å². The second-order valence-corrected chi connectivity index (χ2v) is 7.43. The molecule has 0 saturated carbocycles. The first-order valence-corrected chi connectivity index (χ1v) is 10.3. The third-order valence-electron chi connectivity index (χ3n) is 5.24. The number of imidazole rings is 1. The lowest BCUT2D eigenvalue weighted by atomic mass is 10.1. The van der Waals surface area contributed by atoms with E-state index in [0.29, 0.717) is 30.2 Å². The molecule has 2 aromatic carbocycles. The van der Waals surface area contributed by atoms with Crippen LogP contribution in [0.15, 0.2) is 79.3 Å². The zero-order valence-corrected chi connectivity index (χ0v) is 17.5. The van der Waals surface area contributed by atoms with E-state index in [4.69, 9.17) is 14.7 Å². The van der Waals surface area contributed by atoms with Crippen molar-refractivity contribution < 1.29 is 9.84 Å². The number of methoxy groups -OCH3 is 1. The van der Waals surface area contributed by atoms with E-state index in [1.165, 1.54) is 7.11 Å². The van der Waals surface area contributed by atoms with Gasteiger partial charge in [0.05, 0.1) is 18.5 Å². The second-order valence-electron chi connectivity index (χ2n) is 7.43. The third kappa shape index (κ3) is 3.88. The van der Waals surface area contributed by atoms with Gasteiger partial charge in [0.1, 0.15) is 5.69 Å². The molecule has 0 amide bonds. The van der Waals surface area contributed by atoms with Gasteiger partial charge in [0.25, 0.3) is 0 Å². The summed E-state index contributed by atoms with van der Waals surface area (Å²) in [7, 11) is 1.52. The first kappa shape index (κ1) is 19.7. The van der Waals surface area contributed by atoms with Crippen LogP contribution in [-0.4, -0.2) is 36.6 Å². The van der Waals surface area contributed by atoms with Crippen LogP contribution in [0.4, 0.5) is 0 Å². The average Bonchev–Trinajstić information content (AvgIpc) is 3.16. The molecule has 7 heteroatoms.